The third kappa shape index (κ3) is 3.08. The Labute approximate surface area is 152 Å². The molecule has 1 aliphatic rings. The van der Waals surface area contributed by atoms with E-state index >= 15 is 0 Å². The van der Waals surface area contributed by atoms with Crippen LogP contribution in [0.15, 0.2) is 39.3 Å². The van der Waals surface area contributed by atoms with E-state index in [0.29, 0.717) is 30.5 Å². The van der Waals surface area contributed by atoms with Crippen LogP contribution in [0.25, 0.3) is 11.0 Å². The number of halogens is 1. The van der Waals surface area contributed by atoms with Gasteiger partial charge in [0, 0.05) is 31.9 Å². The lowest BCUT2D eigenvalue weighted by atomic mass is 10.2. The van der Waals surface area contributed by atoms with Gasteiger partial charge in [-0.3, -0.25) is 0 Å². The molecule has 4 rings (SSSR count). The summed E-state index contributed by atoms with van der Waals surface area (Å²) in [5.41, 5.74) is 2.21. The molecule has 132 valence electrons. The van der Waals surface area contributed by atoms with Crippen molar-refractivity contribution in [3.8, 4) is 0 Å². The summed E-state index contributed by atoms with van der Waals surface area (Å²) in [6, 6.07) is 8.82. The van der Waals surface area contributed by atoms with E-state index in [1.165, 1.54) is 4.31 Å². The number of sulfonamides is 1. The van der Waals surface area contributed by atoms with Gasteiger partial charge in [0.2, 0.25) is 0 Å². The van der Waals surface area contributed by atoms with Crippen LogP contribution in [0, 0.1) is 0 Å². The third-order valence-corrected chi connectivity index (χ3v) is 7.84. The van der Waals surface area contributed by atoms with E-state index in [4.69, 9.17) is 11.6 Å². The Morgan fingerprint density at radius 3 is 2.40 bits per heavy atom. The second-order valence-corrected chi connectivity index (χ2v) is 9.64. The number of nitrogens with zero attached hydrogens (tertiary/aromatic N) is 2. The van der Waals surface area contributed by atoms with E-state index in [0.717, 1.165) is 28.1 Å². The minimum absolute atomic E-state index is 0.238. The van der Waals surface area contributed by atoms with Crippen LogP contribution >= 0.6 is 22.9 Å². The summed E-state index contributed by atoms with van der Waals surface area (Å²) in [7, 11) is -3.49. The molecule has 1 fully saturated rings. The maximum atomic E-state index is 12.6. The average molecular weight is 399 g/mol. The summed E-state index contributed by atoms with van der Waals surface area (Å²) < 4.78 is 27.5. The molecule has 25 heavy (non-hydrogen) atoms. The SMILES string of the molecule is O=c1[nH]c2ccc(N3CCN(S(=O)(=O)c4ccc(Cl)s4)CC3)cc2[nH]1. The van der Waals surface area contributed by atoms with Crippen LogP contribution in [0.2, 0.25) is 4.34 Å². The number of aromatic nitrogens is 2. The molecule has 3 aromatic rings. The molecule has 7 nitrogen and oxygen atoms in total. The summed E-state index contributed by atoms with van der Waals surface area (Å²) in [5, 5.41) is 0. The summed E-state index contributed by atoms with van der Waals surface area (Å²) in [5.74, 6) is 0. The topological polar surface area (TPSA) is 89.3 Å². The van der Waals surface area contributed by atoms with Crippen LogP contribution in [0.4, 0.5) is 5.69 Å². The number of thiophene rings is 1. The van der Waals surface area contributed by atoms with E-state index < -0.39 is 10.0 Å². The fraction of sp³-hybridized carbons (Fsp3) is 0.267. The minimum Gasteiger partial charge on any atom is -0.369 e. The molecule has 0 unspecified atom stereocenters. The fourth-order valence-corrected chi connectivity index (χ4v) is 6.03. The summed E-state index contributed by atoms with van der Waals surface area (Å²) in [4.78, 5) is 18.9. The number of anilines is 1. The largest absolute Gasteiger partial charge is 0.369 e. The number of fused-ring (bicyclic) bond motifs is 1. The lowest BCUT2D eigenvalue weighted by Crippen LogP contribution is -2.48. The van der Waals surface area contributed by atoms with Crippen molar-refractivity contribution in [2.45, 2.75) is 4.21 Å². The van der Waals surface area contributed by atoms with Gasteiger partial charge in [0.15, 0.2) is 0 Å². The highest BCUT2D eigenvalue weighted by Crippen LogP contribution is 2.29. The zero-order valence-corrected chi connectivity index (χ0v) is 15.4. The fourth-order valence-electron chi connectivity index (χ4n) is 2.97. The van der Waals surface area contributed by atoms with Gasteiger partial charge in [-0.25, -0.2) is 13.2 Å². The first-order valence-electron chi connectivity index (χ1n) is 7.66. The first kappa shape index (κ1) is 16.6. The predicted molar refractivity (Wildman–Crippen MR) is 99.2 cm³/mol. The van der Waals surface area contributed by atoms with Gasteiger partial charge in [-0.05, 0) is 30.3 Å². The van der Waals surface area contributed by atoms with E-state index in [9.17, 15) is 13.2 Å². The number of hydrogen-bond donors (Lipinski definition) is 2. The lowest BCUT2D eigenvalue weighted by molar-refractivity contribution is 0.386. The molecule has 2 N–H and O–H groups in total. The number of rotatable bonds is 3. The monoisotopic (exact) mass is 398 g/mol. The van der Waals surface area contributed by atoms with E-state index in [2.05, 4.69) is 14.9 Å². The number of nitrogens with one attached hydrogen (secondary N) is 2. The first-order valence-corrected chi connectivity index (χ1v) is 10.3. The van der Waals surface area contributed by atoms with Crippen molar-refractivity contribution in [2.75, 3.05) is 31.1 Å². The maximum absolute atomic E-state index is 12.6. The van der Waals surface area contributed by atoms with Gasteiger partial charge in [-0.15, -0.1) is 11.3 Å². The van der Waals surface area contributed by atoms with Crippen LogP contribution in [-0.4, -0.2) is 48.9 Å². The van der Waals surface area contributed by atoms with Gasteiger partial charge >= 0.3 is 5.69 Å². The van der Waals surface area contributed by atoms with Gasteiger partial charge < -0.3 is 14.9 Å². The summed E-state index contributed by atoms with van der Waals surface area (Å²) >= 11 is 6.93. The van der Waals surface area contributed by atoms with E-state index in [1.807, 2.05) is 18.2 Å². The number of aromatic amines is 2. The number of H-pyrrole nitrogens is 2. The van der Waals surface area contributed by atoms with Crippen LogP contribution in [0.3, 0.4) is 0 Å². The smallest absolute Gasteiger partial charge is 0.323 e. The zero-order chi connectivity index (χ0) is 17.6. The van der Waals surface area contributed by atoms with Crippen molar-refractivity contribution in [1.82, 2.24) is 14.3 Å². The number of imidazole rings is 1. The Morgan fingerprint density at radius 2 is 1.72 bits per heavy atom. The third-order valence-electron chi connectivity index (χ3n) is 4.25. The van der Waals surface area contributed by atoms with Gasteiger partial charge in [0.1, 0.15) is 4.21 Å². The Morgan fingerprint density at radius 1 is 1.00 bits per heavy atom. The Bertz CT molecular complexity index is 1080. The van der Waals surface area contributed by atoms with Crippen LogP contribution in [0.5, 0.6) is 0 Å². The molecule has 1 aromatic carbocycles. The minimum atomic E-state index is -3.49. The van der Waals surface area contributed by atoms with Crippen molar-refractivity contribution in [2.24, 2.45) is 0 Å². The molecule has 0 bridgehead atoms. The molecule has 0 radical (unpaired) electrons. The van der Waals surface area contributed by atoms with E-state index in [-0.39, 0.29) is 9.90 Å². The maximum Gasteiger partial charge on any atom is 0.323 e. The molecule has 0 aliphatic carbocycles. The summed E-state index contributed by atoms with van der Waals surface area (Å²) in [6.45, 7) is 1.97. The van der Waals surface area contributed by atoms with Crippen molar-refractivity contribution in [3.05, 3.63) is 45.2 Å². The van der Waals surface area contributed by atoms with Gasteiger partial charge in [-0.2, -0.15) is 4.31 Å². The molecule has 1 aliphatic heterocycles. The molecule has 0 spiro atoms. The van der Waals surface area contributed by atoms with Crippen molar-refractivity contribution >= 4 is 49.7 Å². The van der Waals surface area contributed by atoms with Crippen LogP contribution < -0.4 is 10.6 Å². The van der Waals surface area contributed by atoms with Crippen molar-refractivity contribution < 1.29 is 8.42 Å². The molecule has 3 heterocycles. The highest BCUT2D eigenvalue weighted by atomic mass is 35.5. The quantitative estimate of drug-likeness (QED) is 0.706. The van der Waals surface area contributed by atoms with Crippen LogP contribution in [0.1, 0.15) is 0 Å². The molecular weight excluding hydrogens is 384 g/mol. The van der Waals surface area contributed by atoms with E-state index in [1.54, 1.807) is 12.1 Å². The molecule has 0 saturated carbocycles. The van der Waals surface area contributed by atoms with Crippen LogP contribution in [-0.2, 0) is 10.0 Å². The van der Waals surface area contributed by atoms with Gasteiger partial charge in [0.25, 0.3) is 10.0 Å². The van der Waals surface area contributed by atoms with Crippen molar-refractivity contribution in [1.29, 1.82) is 0 Å². The number of benzene rings is 1. The molecule has 0 amide bonds. The molecule has 1 saturated heterocycles. The average Bonchev–Trinajstić information content (AvgIpc) is 3.19. The predicted octanol–water partition coefficient (Wildman–Crippen LogP) is 2.08. The molecule has 0 atom stereocenters. The second-order valence-electron chi connectivity index (χ2n) is 5.76. The van der Waals surface area contributed by atoms with Gasteiger partial charge in [-0.1, -0.05) is 11.6 Å². The zero-order valence-electron chi connectivity index (χ0n) is 13.0. The number of hydrogen-bond acceptors (Lipinski definition) is 5. The lowest BCUT2D eigenvalue weighted by Gasteiger charge is -2.35. The Kier molecular flexibility index (Phi) is 4.11. The second kappa shape index (κ2) is 6.17. The highest BCUT2D eigenvalue weighted by Gasteiger charge is 2.29. The molecule has 2 aromatic heterocycles. The van der Waals surface area contributed by atoms with Gasteiger partial charge in [0.05, 0.1) is 15.4 Å². The Balaban J connectivity index is 1.51. The Hall–Kier alpha value is -1.81. The first-order chi connectivity index (χ1) is 11.9. The standard InChI is InChI=1S/C15H15ClN4O3S2/c16-13-3-4-14(24-13)25(22,23)20-7-5-19(6-8-20)10-1-2-11-12(9-10)18-15(21)17-11/h1-4,9H,5-8H2,(H2,17,18,21). The molecular formula is C15H15ClN4O3S2. The number of piperazine rings is 1. The summed E-state index contributed by atoms with van der Waals surface area (Å²) in [6.07, 6.45) is 0. The highest BCUT2D eigenvalue weighted by molar-refractivity contribution is 7.91. The van der Waals surface area contributed by atoms with Crippen molar-refractivity contribution in [3.63, 3.8) is 0 Å². The normalized spacial score (nSPS) is 16.6. The molecule has 10 heteroatoms.